The molecule has 2 atom stereocenters. The monoisotopic (exact) mass is 540 g/mol. The van der Waals surface area contributed by atoms with E-state index in [0.29, 0.717) is 0 Å². The van der Waals surface area contributed by atoms with Crippen molar-refractivity contribution in [1.29, 1.82) is 0 Å². The van der Waals surface area contributed by atoms with Gasteiger partial charge in [0.25, 0.3) is 0 Å². The van der Waals surface area contributed by atoms with E-state index in [9.17, 15) is 27.9 Å². The summed E-state index contributed by atoms with van der Waals surface area (Å²) >= 11 is 4.16. The maximum atomic E-state index is 13.0. The van der Waals surface area contributed by atoms with Crippen LogP contribution in [0, 0.1) is 0 Å². The van der Waals surface area contributed by atoms with Crippen LogP contribution in [-0.4, -0.2) is 63.0 Å². The molecule has 1 amide bonds. The van der Waals surface area contributed by atoms with Gasteiger partial charge in [-0.2, -0.15) is 25.8 Å². The van der Waals surface area contributed by atoms with Gasteiger partial charge in [0, 0.05) is 18.2 Å². The maximum Gasteiger partial charge on any atom is 0.490 e. The Bertz CT molecular complexity index is 1030. The molecular weight excluding hydrogens is 509 g/mol. The van der Waals surface area contributed by atoms with E-state index in [4.69, 9.17) is 15.6 Å². The normalized spacial score (nSPS) is 15.6. The first-order valence-corrected chi connectivity index (χ1v) is 12.4. The van der Waals surface area contributed by atoms with E-state index in [0.717, 1.165) is 48.8 Å². The van der Waals surface area contributed by atoms with Crippen molar-refractivity contribution in [3.8, 4) is 11.1 Å². The Morgan fingerprint density at radius 1 is 0.946 bits per heavy atom. The maximum absolute atomic E-state index is 13.0. The van der Waals surface area contributed by atoms with Gasteiger partial charge in [0.2, 0.25) is 5.91 Å². The van der Waals surface area contributed by atoms with Gasteiger partial charge in [-0.3, -0.25) is 4.79 Å². The molecule has 0 radical (unpaired) electrons. The average Bonchev–Trinajstić information content (AvgIpc) is 2.89. The topological polar surface area (TPSA) is 121 Å². The van der Waals surface area contributed by atoms with Crippen LogP contribution in [0.15, 0.2) is 54.6 Å². The number of amides is 1. The molecule has 4 N–H and O–H groups in total. The van der Waals surface area contributed by atoms with Crippen LogP contribution >= 0.6 is 12.6 Å². The molecule has 2 aromatic rings. The van der Waals surface area contributed by atoms with Gasteiger partial charge in [0.05, 0.1) is 6.04 Å². The number of carbonyl (C=O) groups is 3. The van der Waals surface area contributed by atoms with E-state index in [1.54, 1.807) is 4.90 Å². The Hall–Kier alpha value is -3.05. The highest BCUT2D eigenvalue weighted by Gasteiger charge is 2.38. The number of aliphatic carboxylic acids is 2. The lowest BCUT2D eigenvalue weighted by molar-refractivity contribution is -0.192. The van der Waals surface area contributed by atoms with Crippen LogP contribution in [0.3, 0.4) is 0 Å². The van der Waals surface area contributed by atoms with E-state index in [1.807, 2.05) is 54.6 Å². The van der Waals surface area contributed by atoms with Crippen molar-refractivity contribution in [3.05, 3.63) is 60.2 Å². The van der Waals surface area contributed by atoms with Gasteiger partial charge >= 0.3 is 18.1 Å². The van der Waals surface area contributed by atoms with E-state index < -0.39 is 30.2 Å². The van der Waals surface area contributed by atoms with Gasteiger partial charge in [-0.25, -0.2) is 9.59 Å². The first-order valence-electron chi connectivity index (χ1n) is 11.8. The molecule has 0 unspecified atom stereocenters. The Morgan fingerprint density at radius 2 is 1.46 bits per heavy atom. The van der Waals surface area contributed by atoms with Gasteiger partial charge in [0.15, 0.2) is 0 Å². The fraction of sp³-hybridized carbons (Fsp3) is 0.423. The Balaban J connectivity index is 0.000000604. The molecular formula is C26H31F3N2O5S. The lowest BCUT2D eigenvalue weighted by Crippen LogP contribution is -2.57. The SMILES string of the molecule is N[C@@H](CS)C(=O)N(C1CCCCC1)[C@@H](Cc1ccc(-c2ccccc2)cc1)C(=O)O.O=C(O)C(F)(F)F. The number of rotatable bonds is 8. The molecule has 1 saturated carbocycles. The zero-order chi connectivity index (χ0) is 27.6. The summed E-state index contributed by atoms with van der Waals surface area (Å²) < 4.78 is 31.7. The zero-order valence-corrected chi connectivity index (χ0v) is 21.0. The standard InChI is InChI=1S/C24H30N2O3S.C2HF3O2/c25-21(16-30)23(27)26(20-9-5-2-6-10-20)22(24(28)29)15-17-11-13-19(14-12-17)18-7-3-1-4-8-18;3-2(4,5)1(6)7/h1,3-4,7-8,11-14,20-22,30H,2,5-6,9-10,15-16,25H2,(H,28,29);(H,6,7)/t21-,22-;/m0./s1. The molecule has 202 valence electrons. The quantitative estimate of drug-likeness (QED) is 0.369. The molecule has 11 heteroatoms. The summed E-state index contributed by atoms with van der Waals surface area (Å²) in [5, 5.41) is 17.1. The van der Waals surface area contributed by atoms with Crippen molar-refractivity contribution in [1.82, 2.24) is 4.90 Å². The van der Waals surface area contributed by atoms with Crippen LogP contribution in [-0.2, 0) is 20.8 Å². The summed E-state index contributed by atoms with van der Waals surface area (Å²) in [7, 11) is 0. The summed E-state index contributed by atoms with van der Waals surface area (Å²) in [4.78, 5) is 35.7. The van der Waals surface area contributed by atoms with Crippen LogP contribution in [0.2, 0.25) is 0 Å². The fourth-order valence-electron chi connectivity index (χ4n) is 4.21. The van der Waals surface area contributed by atoms with Crippen LogP contribution in [0.1, 0.15) is 37.7 Å². The van der Waals surface area contributed by atoms with Gasteiger partial charge in [-0.05, 0) is 29.5 Å². The van der Waals surface area contributed by atoms with Gasteiger partial charge in [-0.15, -0.1) is 0 Å². The number of benzene rings is 2. The third kappa shape index (κ3) is 9.08. The van der Waals surface area contributed by atoms with Crippen molar-refractivity contribution in [2.45, 2.75) is 62.8 Å². The zero-order valence-electron chi connectivity index (χ0n) is 20.1. The van der Waals surface area contributed by atoms with E-state index in [2.05, 4.69) is 12.6 Å². The number of carboxylic acid groups (broad SMARTS) is 2. The minimum Gasteiger partial charge on any atom is -0.480 e. The van der Waals surface area contributed by atoms with Crippen LogP contribution < -0.4 is 5.73 Å². The van der Waals surface area contributed by atoms with Crippen molar-refractivity contribution >= 4 is 30.5 Å². The highest BCUT2D eigenvalue weighted by molar-refractivity contribution is 7.80. The smallest absolute Gasteiger partial charge is 0.480 e. The van der Waals surface area contributed by atoms with Gasteiger partial charge in [0.1, 0.15) is 6.04 Å². The number of alkyl halides is 3. The molecule has 0 aliphatic heterocycles. The number of hydrogen-bond donors (Lipinski definition) is 4. The molecule has 0 bridgehead atoms. The van der Waals surface area contributed by atoms with Crippen LogP contribution in [0.4, 0.5) is 13.2 Å². The summed E-state index contributed by atoms with van der Waals surface area (Å²) in [5.41, 5.74) is 9.05. The van der Waals surface area contributed by atoms with Crippen LogP contribution in [0.5, 0.6) is 0 Å². The first kappa shape index (κ1) is 30.2. The largest absolute Gasteiger partial charge is 0.490 e. The summed E-state index contributed by atoms with van der Waals surface area (Å²) in [6.07, 6.45) is -0.0589. The van der Waals surface area contributed by atoms with Crippen molar-refractivity contribution in [2.75, 3.05) is 5.75 Å². The predicted molar refractivity (Wildman–Crippen MR) is 136 cm³/mol. The summed E-state index contributed by atoms with van der Waals surface area (Å²) in [5.74, 6) is -3.87. The third-order valence-electron chi connectivity index (χ3n) is 6.09. The predicted octanol–water partition coefficient (Wildman–Crippen LogP) is 4.40. The van der Waals surface area contributed by atoms with Crippen LogP contribution in [0.25, 0.3) is 11.1 Å². The van der Waals surface area contributed by atoms with E-state index in [1.165, 1.54) is 0 Å². The highest BCUT2D eigenvalue weighted by Crippen LogP contribution is 2.27. The molecule has 7 nitrogen and oxygen atoms in total. The van der Waals surface area contributed by atoms with Crippen molar-refractivity contribution in [3.63, 3.8) is 0 Å². The van der Waals surface area contributed by atoms with Crippen molar-refractivity contribution < 1.29 is 37.8 Å². The number of halogens is 3. The third-order valence-corrected chi connectivity index (χ3v) is 6.48. The van der Waals surface area contributed by atoms with Gasteiger partial charge in [-0.1, -0.05) is 73.9 Å². The molecule has 37 heavy (non-hydrogen) atoms. The molecule has 0 spiro atoms. The molecule has 0 saturated heterocycles. The number of thiol groups is 1. The number of carbonyl (C=O) groups excluding carboxylic acids is 1. The molecule has 1 aliphatic carbocycles. The first-order chi connectivity index (χ1) is 17.5. The second kappa shape index (κ2) is 14.0. The second-order valence-electron chi connectivity index (χ2n) is 8.75. The number of nitrogens with zero attached hydrogens (tertiary/aromatic N) is 1. The molecule has 0 heterocycles. The highest BCUT2D eigenvalue weighted by atomic mass is 32.1. The molecule has 1 fully saturated rings. The summed E-state index contributed by atoms with van der Waals surface area (Å²) in [6.45, 7) is 0. The fourth-order valence-corrected chi connectivity index (χ4v) is 4.36. The van der Waals surface area contributed by atoms with E-state index in [-0.39, 0.29) is 24.1 Å². The molecule has 0 aromatic heterocycles. The molecule has 2 aromatic carbocycles. The number of carboxylic acids is 2. The molecule has 1 aliphatic rings. The second-order valence-corrected chi connectivity index (χ2v) is 9.12. The minimum atomic E-state index is -5.08. The average molecular weight is 541 g/mol. The minimum absolute atomic E-state index is 0.0816. The van der Waals surface area contributed by atoms with Crippen molar-refractivity contribution in [2.24, 2.45) is 5.73 Å². The molecule has 3 rings (SSSR count). The lowest BCUT2D eigenvalue weighted by atomic mass is 9.91. The lowest BCUT2D eigenvalue weighted by Gasteiger charge is -2.39. The Morgan fingerprint density at radius 3 is 1.92 bits per heavy atom. The summed E-state index contributed by atoms with van der Waals surface area (Å²) in [6, 6.07) is 16.1. The Kier molecular flexibility index (Phi) is 11.4. The van der Waals surface area contributed by atoms with Gasteiger partial charge < -0.3 is 20.8 Å². The number of hydrogen-bond acceptors (Lipinski definition) is 5. The van der Waals surface area contributed by atoms with E-state index >= 15 is 0 Å². The number of nitrogens with two attached hydrogens (primary N) is 1. The Labute approximate surface area is 218 Å².